The van der Waals surface area contributed by atoms with Gasteiger partial charge in [0.1, 0.15) is 11.9 Å². The van der Waals surface area contributed by atoms with Crippen molar-refractivity contribution in [3.05, 3.63) is 94.2 Å². The first kappa shape index (κ1) is 24.2. The highest BCUT2D eigenvalue weighted by molar-refractivity contribution is 6.06. The third-order valence-corrected chi connectivity index (χ3v) is 8.14. The number of likely N-dealkylation sites (tertiary alicyclic amines) is 1. The summed E-state index contributed by atoms with van der Waals surface area (Å²) in [7, 11) is 1.60. The maximum Gasteiger partial charge on any atom is 0.251 e. The number of benzene rings is 2. The number of aromatic nitrogens is 1. The second kappa shape index (κ2) is 9.01. The number of carbonyl (C=O) groups excluding carboxylic acids is 3. The van der Waals surface area contributed by atoms with Gasteiger partial charge in [0.15, 0.2) is 11.6 Å². The van der Waals surface area contributed by atoms with E-state index in [1.807, 2.05) is 18.2 Å². The fraction of sp³-hybridized carbons (Fsp3) is 0.310. The minimum Gasteiger partial charge on any atom is -0.343 e. The number of carbonyl (C=O) groups is 3. The lowest BCUT2D eigenvalue weighted by Gasteiger charge is -2.22. The predicted molar refractivity (Wildman–Crippen MR) is 136 cm³/mol. The number of hydrogen-bond acceptors (Lipinski definition) is 4. The van der Waals surface area contributed by atoms with Crippen LogP contribution in [-0.2, 0) is 27.8 Å². The van der Waals surface area contributed by atoms with E-state index >= 15 is 0 Å². The summed E-state index contributed by atoms with van der Waals surface area (Å²) in [5, 5.41) is 5.72. The summed E-state index contributed by atoms with van der Waals surface area (Å²) in [6, 6.07) is 12.4. The Balaban J connectivity index is 1.19. The highest BCUT2D eigenvalue weighted by atomic mass is 19.2. The van der Waals surface area contributed by atoms with Crippen molar-refractivity contribution >= 4 is 23.5 Å². The molecule has 38 heavy (non-hydrogen) atoms. The number of fused-ring (bicyclic) bond motifs is 3. The standard InChI is InChI=1S/C29H26F2N4O3/c1-35-15-18(20-4-2-6-22(30)24(20)31)9-10-23(27(35)37)33-26(36)16-7-8-17-13-29(14-19(17)12-16)21-5-3-11-32-25(21)34-28(29)38/h2-8,11-12,18,23H,9-10,13-15H2,1H3,(H,33,36)(H,32,34,38)/t18-,23-,29?/m1/s1. The van der Waals surface area contributed by atoms with E-state index in [1.54, 1.807) is 25.4 Å². The van der Waals surface area contributed by atoms with Crippen LogP contribution < -0.4 is 10.6 Å². The summed E-state index contributed by atoms with van der Waals surface area (Å²) in [5.74, 6) is -2.38. The topological polar surface area (TPSA) is 91.4 Å². The van der Waals surface area contributed by atoms with Crippen molar-refractivity contribution in [3.8, 4) is 0 Å². The lowest BCUT2D eigenvalue weighted by Crippen LogP contribution is -2.46. The average Bonchev–Trinajstić information content (AvgIpc) is 3.38. The zero-order valence-electron chi connectivity index (χ0n) is 20.8. The van der Waals surface area contributed by atoms with Crippen LogP contribution in [0.1, 0.15) is 51.4 Å². The molecule has 1 unspecified atom stereocenters. The van der Waals surface area contributed by atoms with Gasteiger partial charge in [-0.2, -0.15) is 0 Å². The lowest BCUT2D eigenvalue weighted by molar-refractivity contribution is -0.131. The van der Waals surface area contributed by atoms with Crippen LogP contribution in [0.3, 0.4) is 0 Å². The highest BCUT2D eigenvalue weighted by Gasteiger charge is 2.51. The molecule has 1 aromatic heterocycles. The van der Waals surface area contributed by atoms with Crippen LogP contribution in [0.15, 0.2) is 54.7 Å². The molecular weight excluding hydrogens is 490 g/mol. The molecule has 2 aliphatic heterocycles. The van der Waals surface area contributed by atoms with Gasteiger partial charge in [-0.1, -0.05) is 24.3 Å². The monoisotopic (exact) mass is 516 g/mol. The van der Waals surface area contributed by atoms with Gasteiger partial charge in [-0.15, -0.1) is 0 Å². The van der Waals surface area contributed by atoms with Crippen LogP contribution >= 0.6 is 0 Å². The average molecular weight is 517 g/mol. The first-order chi connectivity index (χ1) is 18.3. The molecule has 3 heterocycles. The number of rotatable bonds is 3. The molecule has 1 aliphatic carbocycles. The van der Waals surface area contributed by atoms with Crippen LogP contribution in [-0.4, -0.2) is 47.2 Å². The van der Waals surface area contributed by atoms with Gasteiger partial charge in [0.25, 0.3) is 5.91 Å². The Morgan fingerprint density at radius 2 is 1.89 bits per heavy atom. The third-order valence-electron chi connectivity index (χ3n) is 8.14. The predicted octanol–water partition coefficient (Wildman–Crippen LogP) is 3.48. The van der Waals surface area contributed by atoms with E-state index in [0.717, 1.165) is 22.8 Å². The van der Waals surface area contributed by atoms with E-state index in [1.165, 1.54) is 17.0 Å². The largest absolute Gasteiger partial charge is 0.343 e. The smallest absolute Gasteiger partial charge is 0.251 e. The maximum atomic E-state index is 14.4. The van der Waals surface area contributed by atoms with Gasteiger partial charge in [0, 0.05) is 36.8 Å². The summed E-state index contributed by atoms with van der Waals surface area (Å²) in [6.07, 6.45) is 3.34. The SMILES string of the molecule is CN1C[C@H](c2cccc(F)c2F)CC[C@@H](NC(=O)c2ccc3c(c2)CC2(C3)C(=O)Nc3ncccc32)C1=O. The number of nitrogens with zero attached hydrogens (tertiary/aromatic N) is 2. The Morgan fingerprint density at radius 3 is 2.74 bits per heavy atom. The zero-order chi connectivity index (χ0) is 26.6. The molecule has 0 saturated carbocycles. The first-order valence-electron chi connectivity index (χ1n) is 12.7. The maximum absolute atomic E-state index is 14.4. The van der Waals surface area contributed by atoms with E-state index in [4.69, 9.17) is 0 Å². The van der Waals surface area contributed by atoms with Crippen molar-refractivity contribution in [1.29, 1.82) is 0 Å². The molecule has 3 aliphatic rings. The fourth-order valence-electron chi connectivity index (χ4n) is 6.14. The Labute approximate surface area is 218 Å². The minimum absolute atomic E-state index is 0.0928. The van der Waals surface area contributed by atoms with E-state index in [2.05, 4.69) is 15.6 Å². The van der Waals surface area contributed by atoms with E-state index in [-0.39, 0.29) is 29.8 Å². The van der Waals surface area contributed by atoms with Crippen molar-refractivity contribution in [2.45, 2.75) is 43.1 Å². The first-order valence-corrected chi connectivity index (χ1v) is 12.7. The van der Waals surface area contributed by atoms with Crippen LogP contribution in [0.4, 0.5) is 14.6 Å². The van der Waals surface area contributed by atoms with Crippen LogP contribution in [0.5, 0.6) is 0 Å². The van der Waals surface area contributed by atoms with Crippen molar-refractivity contribution in [2.24, 2.45) is 0 Å². The van der Waals surface area contributed by atoms with Crippen LogP contribution in [0.2, 0.25) is 0 Å². The quantitative estimate of drug-likeness (QED) is 0.558. The van der Waals surface area contributed by atoms with Gasteiger partial charge in [-0.25, -0.2) is 13.8 Å². The second-order valence-corrected chi connectivity index (χ2v) is 10.4. The van der Waals surface area contributed by atoms with Crippen molar-refractivity contribution < 1.29 is 23.2 Å². The summed E-state index contributed by atoms with van der Waals surface area (Å²) >= 11 is 0. The van der Waals surface area contributed by atoms with Crippen molar-refractivity contribution in [2.75, 3.05) is 18.9 Å². The number of hydrogen-bond donors (Lipinski definition) is 2. The molecule has 3 atom stereocenters. The van der Waals surface area contributed by atoms with Gasteiger partial charge in [0.05, 0.1) is 5.41 Å². The lowest BCUT2D eigenvalue weighted by atomic mass is 9.79. The van der Waals surface area contributed by atoms with Crippen molar-refractivity contribution in [1.82, 2.24) is 15.2 Å². The van der Waals surface area contributed by atoms with Gasteiger partial charge in [-0.05, 0) is 66.6 Å². The summed E-state index contributed by atoms with van der Waals surface area (Å²) in [5.41, 5.74) is 2.68. The molecule has 3 aromatic rings. The van der Waals surface area contributed by atoms with E-state index in [0.29, 0.717) is 37.1 Å². The van der Waals surface area contributed by atoms with Crippen LogP contribution in [0, 0.1) is 11.6 Å². The molecule has 0 radical (unpaired) electrons. The minimum atomic E-state index is -0.918. The van der Waals surface area contributed by atoms with Gasteiger partial charge in [-0.3, -0.25) is 14.4 Å². The number of nitrogens with one attached hydrogen (secondary N) is 2. The Hall–Kier alpha value is -4.14. The molecule has 2 aromatic carbocycles. The number of likely N-dealkylation sites (N-methyl/N-ethyl adjacent to an activating group) is 1. The molecule has 1 saturated heterocycles. The van der Waals surface area contributed by atoms with Gasteiger partial charge in [0.2, 0.25) is 11.8 Å². The molecule has 7 nitrogen and oxygen atoms in total. The molecule has 1 spiro atoms. The van der Waals surface area contributed by atoms with Gasteiger partial charge >= 0.3 is 0 Å². The third kappa shape index (κ3) is 3.84. The summed E-state index contributed by atoms with van der Waals surface area (Å²) in [4.78, 5) is 45.0. The Morgan fingerprint density at radius 1 is 1.08 bits per heavy atom. The normalized spacial score (nSPS) is 24.1. The van der Waals surface area contributed by atoms with Crippen LogP contribution in [0.25, 0.3) is 0 Å². The molecule has 0 bridgehead atoms. The second-order valence-electron chi connectivity index (χ2n) is 10.4. The molecule has 194 valence electrons. The molecule has 1 fully saturated rings. The number of halogens is 2. The van der Waals surface area contributed by atoms with Crippen molar-refractivity contribution in [3.63, 3.8) is 0 Å². The molecule has 6 rings (SSSR count). The fourth-order valence-corrected chi connectivity index (χ4v) is 6.14. The summed E-state index contributed by atoms with van der Waals surface area (Å²) < 4.78 is 28.2. The Kier molecular flexibility index (Phi) is 5.74. The van der Waals surface area contributed by atoms with Gasteiger partial charge < -0.3 is 15.5 Å². The van der Waals surface area contributed by atoms with E-state index < -0.39 is 29.0 Å². The number of pyridine rings is 1. The molecule has 3 amide bonds. The number of amides is 3. The molecular formula is C29H26F2N4O3. The molecule has 2 N–H and O–H groups in total. The zero-order valence-corrected chi connectivity index (χ0v) is 20.8. The summed E-state index contributed by atoms with van der Waals surface area (Å²) in [6.45, 7) is 0.227. The highest BCUT2D eigenvalue weighted by Crippen LogP contribution is 2.46. The molecule has 9 heteroatoms. The van der Waals surface area contributed by atoms with E-state index in [9.17, 15) is 23.2 Å². The Bertz CT molecular complexity index is 1490. The number of anilines is 1.